The number of fused-ring (bicyclic) bond motifs is 1. The van der Waals surface area contributed by atoms with Gasteiger partial charge in [0.05, 0.1) is 30.9 Å². The van der Waals surface area contributed by atoms with Crippen LogP contribution in [0.1, 0.15) is 42.2 Å². The molecule has 0 N–H and O–H groups in total. The molecule has 0 atom stereocenters. The molecular formula is C26H20O7. The fourth-order valence-electron chi connectivity index (χ4n) is 3.41. The highest BCUT2D eigenvalue weighted by molar-refractivity contribution is 6.15. The second-order valence-corrected chi connectivity index (χ2v) is 7.28. The molecule has 0 aromatic heterocycles. The molecule has 4 rings (SSSR count). The van der Waals surface area contributed by atoms with Crippen LogP contribution >= 0.6 is 0 Å². The molecule has 0 aliphatic carbocycles. The van der Waals surface area contributed by atoms with E-state index in [1.807, 2.05) is 0 Å². The topological polar surface area (TPSA) is 88.1 Å². The Balaban J connectivity index is 1.54. The summed E-state index contributed by atoms with van der Waals surface area (Å²) in [6.07, 6.45) is 1.59. The van der Waals surface area contributed by atoms with Crippen LogP contribution < -0.4 is 14.2 Å². The number of esters is 2. The number of methoxy groups -OCH3 is 2. The van der Waals surface area contributed by atoms with Crippen molar-refractivity contribution in [1.29, 1.82) is 0 Å². The molecule has 7 heteroatoms. The zero-order valence-electron chi connectivity index (χ0n) is 18.2. The van der Waals surface area contributed by atoms with Gasteiger partial charge in [-0.25, -0.2) is 9.59 Å². The average Bonchev–Trinajstić information content (AvgIpc) is 3.14. The number of aryl methyl sites for hydroxylation is 1. The number of hydrogen-bond acceptors (Lipinski definition) is 7. The molecule has 0 bridgehead atoms. The van der Waals surface area contributed by atoms with E-state index in [0.29, 0.717) is 39.3 Å². The van der Waals surface area contributed by atoms with Crippen molar-refractivity contribution in [2.24, 2.45) is 0 Å². The summed E-state index contributed by atoms with van der Waals surface area (Å²) in [5.74, 6) is 0.0969. The molecule has 1 aliphatic rings. The molecule has 1 aliphatic heterocycles. The molecule has 0 saturated heterocycles. The van der Waals surface area contributed by atoms with Crippen molar-refractivity contribution in [1.82, 2.24) is 0 Å². The maximum atomic E-state index is 12.9. The Morgan fingerprint density at radius 1 is 0.848 bits per heavy atom. The van der Waals surface area contributed by atoms with Gasteiger partial charge in [-0.05, 0) is 66.6 Å². The van der Waals surface area contributed by atoms with Crippen LogP contribution in [0.4, 0.5) is 0 Å². The third-order valence-corrected chi connectivity index (χ3v) is 5.11. The maximum Gasteiger partial charge on any atom is 0.343 e. The van der Waals surface area contributed by atoms with Crippen molar-refractivity contribution in [3.8, 4) is 17.2 Å². The minimum Gasteiger partial charge on any atom is -0.497 e. The predicted octanol–water partition coefficient (Wildman–Crippen LogP) is 4.63. The van der Waals surface area contributed by atoms with Gasteiger partial charge in [-0.3, -0.25) is 4.79 Å². The Morgan fingerprint density at radius 3 is 2.12 bits per heavy atom. The summed E-state index contributed by atoms with van der Waals surface area (Å²) in [6, 6.07) is 16.3. The number of rotatable bonds is 5. The molecule has 0 spiro atoms. The fourth-order valence-corrected chi connectivity index (χ4v) is 3.41. The minimum atomic E-state index is -0.539. The monoisotopic (exact) mass is 444 g/mol. The highest BCUT2D eigenvalue weighted by Crippen LogP contribution is 2.37. The van der Waals surface area contributed by atoms with Gasteiger partial charge in [-0.15, -0.1) is 0 Å². The molecule has 3 aromatic carbocycles. The largest absolute Gasteiger partial charge is 0.497 e. The smallest absolute Gasteiger partial charge is 0.343 e. The van der Waals surface area contributed by atoms with Crippen molar-refractivity contribution in [2.45, 2.75) is 6.92 Å². The summed E-state index contributed by atoms with van der Waals surface area (Å²) >= 11 is 0. The number of carbonyl (C=O) groups excluding carboxylic acids is 3. The third kappa shape index (κ3) is 4.48. The highest BCUT2D eigenvalue weighted by Gasteiger charge is 2.30. The molecular weight excluding hydrogens is 424 g/mol. The molecule has 0 radical (unpaired) electrons. The summed E-state index contributed by atoms with van der Waals surface area (Å²) in [5.41, 5.74) is 2.49. The number of benzene rings is 3. The van der Waals surface area contributed by atoms with Gasteiger partial charge in [0, 0.05) is 6.07 Å². The second kappa shape index (κ2) is 9.00. The fraction of sp³-hybridized carbons (Fsp3) is 0.115. The van der Waals surface area contributed by atoms with Gasteiger partial charge in [0.15, 0.2) is 5.76 Å². The Bertz CT molecular complexity index is 1270. The van der Waals surface area contributed by atoms with E-state index < -0.39 is 11.9 Å². The van der Waals surface area contributed by atoms with Crippen molar-refractivity contribution in [3.05, 3.63) is 94.2 Å². The molecule has 0 fully saturated rings. The zero-order chi connectivity index (χ0) is 23.5. The van der Waals surface area contributed by atoms with Crippen LogP contribution in [0.3, 0.4) is 0 Å². The summed E-state index contributed by atoms with van der Waals surface area (Å²) in [6.45, 7) is 1.75. The molecule has 0 amide bonds. The lowest BCUT2D eigenvalue weighted by molar-refractivity contribution is 0.0600. The molecule has 1 heterocycles. The van der Waals surface area contributed by atoms with Crippen LogP contribution in [0.2, 0.25) is 0 Å². The predicted molar refractivity (Wildman–Crippen MR) is 120 cm³/mol. The summed E-state index contributed by atoms with van der Waals surface area (Å²) < 4.78 is 21.0. The molecule has 0 saturated carbocycles. The van der Waals surface area contributed by atoms with E-state index in [1.54, 1.807) is 74.7 Å². The van der Waals surface area contributed by atoms with E-state index in [2.05, 4.69) is 4.74 Å². The van der Waals surface area contributed by atoms with E-state index in [-0.39, 0.29) is 17.3 Å². The Labute approximate surface area is 190 Å². The standard InChI is InChI=1S/C26H20O7/c1-15-12-20(32-26(29)18-8-10-19(30-2)11-9-18)14-21-23(15)24(27)22(33-21)13-16-4-6-17(7-5-16)25(28)31-3/h4-14H,1-3H3/b22-13-. The highest BCUT2D eigenvalue weighted by atomic mass is 16.5. The van der Waals surface area contributed by atoms with Crippen molar-refractivity contribution < 1.29 is 33.3 Å². The first-order chi connectivity index (χ1) is 15.9. The Hall–Kier alpha value is -4.39. The SMILES string of the molecule is COC(=O)c1ccc(/C=C2\Oc3cc(OC(=O)c4ccc(OC)cc4)cc(C)c3C2=O)cc1. The van der Waals surface area contributed by atoms with E-state index in [1.165, 1.54) is 13.2 Å². The number of hydrogen-bond donors (Lipinski definition) is 0. The quantitative estimate of drug-likeness (QED) is 0.322. The van der Waals surface area contributed by atoms with Crippen LogP contribution in [0.5, 0.6) is 17.2 Å². The Kier molecular flexibility index (Phi) is 5.95. The first kappa shape index (κ1) is 21.8. The lowest BCUT2D eigenvalue weighted by atomic mass is 10.0. The molecule has 166 valence electrons. The van der Waals surface area contributed by atoms with Crippen LogP contribution in [-0.4, -0.2) is 31.9 Å². The summed E-state index contributed by atoms with van der Waals surface area (Å²) in [7, 11) is 2.85. The molecule has 33 heavy (non-hydrogen) atoms. The number of Topliss-reactive ketones (excluding diaryl/α,β-unsaturated/α-hetero) is 1. The van der Waals surface area contributed by atoms with Crippen molar-refractivity contribution in [2.75, 3.05) is 14.2 Å². The van der Waals surface area contributed by atoms with Crippen LogP contribution in [0.25, 0.3) is 6.08 Å². The number of allylic oxidation sites excluding steroid dienone is 1. The van der Waals surface area contributed by atoms with Crippen molar-refractivity contribution in [3.63, 3.8) is 0 Å². The van der Waals surface area contributed by atoms with Crippen LogP contribution in [0, 0.1) is 6.92 Å². The maximum absolute atomic E-state index is 12.9. The Morgan fingerprint density at radius 2 is 1.48 bits per heavy atom. The van der Waals surface area contributed by atoms with Crippen molar-refractivity contribution >= 4 is 23.8 Å². The van der Waals surface area contributed by atoms with E-state index in [4.69, 9.17) is 14.2 Å². The van der Waals surface area contributed by atoms with Gasteiger partial charge >= 0.3 is 11.9 Å². The van der Waals surface area contributed by atoms with Gasteiger partial charge in [-0.2, -0.15) is 0 Å². The van der Waals surface area contributed by atoms with Crippen LogP contribution in [-0.2, 0) is 4.74 Å². The van der Waals surface area contributed by atoms with Gasteiger partial charge < -0.3 is 18.9 Å². The summed E-state index contributed by atoms with van der Waals surface area (Å²) in [5, 5.41) is 0. The lowest BCUT2D eigenvalue weighted by Gasteiger charge is -2.08. The first-order valence-corrected chi connectivity index (χ1v) is 10.0. The molecule has 7 nitrogen and oxygen atoms in total. The summed E-state index contributed by atoms with van der Waals surface area (Å²) in [4.78, 5) is 36.9. The van der Waals surface area contributed by atoms with Gasteiger partial charge in [-0.1, -0.05) is 12.1 Å². The third-order valence-electron chi connectivity index (χ3n) is 5.11. The van der Waals surface area contributed by atoms with Gasteiger partial charge in [0.2, 0.25) is 5.78 Å². The number of ketones is 1. The minimum absolute atomic E-state index is 0.137. The van der Waals surface area contributed by atoms with Gasteiger partial charge in [0.25, 0.3) is 0 Å². The molecule has 0 unspecified atom stereocenters. The number of carbonyl (C=O) groups is 3. The number of ether oxygens (including phenoxy) is 4. The zero-order valence-corrected chi connectivity index (χ0v) is 18.2. The second-order valence-electron chi connectivity index (χ2n) is 7.28. The average molecular weight is 444 g/mol. The van der Waals surface area contributed by atoms with Crippen LogP contribution in [0.15, 0.2) is 66.4 Å². The molecule has 3 aromatic rings. The van der Waals surface area contributed by atoms with E-state index in [9.17, 15) is 14.4 Å². The van der Waals surface area contributed by atoms with Gasteiger partial charge in [0.1, 0.15) is 17.2 Å². The van der Waals surface area contributed by atoms with E-state index in [0.717, 1.165) is 0 Å². The normalized spacial score (nSPS) is 13.3. The lowest BCUT2D eigenvalue weighted by Crippen LogP contribution is -2.08. The van der Waals surface area contributed by atoms with E-state index >= 15 is 0 Å². The first-order valence-electron chi connectivity index (χ1n) is 10.0.